The number of ether oxygens (including phenoxy) is 1. The molecule has 2 amide bonds. The topological polar surface area (TPSA) is 58.6 Å². The van der Waals surface area contributed by atoms with Crippen LogP contribution in [0.2, 0.25) is 5.02 Å². The van der Waals surface area contributed by atoms with E-state index in [0.29, 0.717) is 5.02 Å². The van der Waals surface area contributed by atoms with E-state index in [2.05, 4.69) is 5.32 Å². The molecule has 5 nitrogen and oxygen atoms in total. The van der Waals surface area contributed by atoms with Crippen LogP contribution < -0.4 is 5.32 Å². The summed E-state index contributed by atoms with van der Waals surface area (Å²) in [6.07, 6.45) is -0.714. The molecule has 0 spiro atoms. The first-order valence-electron chi connectivity index (χ1n) is 5.89. The lowest BCUT2D eigenvalue weighted by molar-refractivity contribution is -0.161. The van der Waals surface area contributed by atoms with Gasteiger partial charge in [0.05, 0.1) is 6.04 Å². The molecular formula is C13H15ClN2O3. The van der Waals surface area contributed by atoms with E-state index in [4.69, 9.17) is 16.3 Å². The highest BCUT2D eigenvalue weighted by Crippen LogP contribution is 2.29. The molecule has 0 bridgehead atoms. The van der Waals surface area contributed by atoms with Crippen LogP contribution in [0.5, 0.6) is 0 Å². The van der Waals surface area contributed by atoms with Crippen molar-refractivity contribution >= 4 is 23.4 Å². The summed E-state index contributed by atoms with van der Waals surface area (Å²) in [6.45, 7) is -0.0846. The summed E-state index contributed by atoms with van der Waals surface area (Å²) < 4.78 is 5.37. The summed E-state index contributed by atoms with van der Waals surface area (Å²) in [5.41, 5.74) is 0.813. The summed E-state index contributed by atoms with van der Waals surface area (Å²) in [6, 6.07) is 6.59. The Balaban J connectivity index is 2.36. The Hall–Kier alpha value is -1.59. The van der Waals surface area contributed by atoms with Gasteiger partial charge in [0.25, 0.3) is 5.91 Å². The van der Waals surface area contributed by atoms with Crippen LogP contribution in [0.4, 0.5) is 0 Å². The number of nitrogens with zero attached hydrogens (tertiary/aromatic N) is 1. The predicted molar refractivity (Wildman–Crippen MR) is 70.8 cm³/mol. The Kier molecular flexibility index (Phi) is 4.07. The van der Waals surface area contributed by atoms with Crippen LogP contribution in [0.15, 0.2) is 24.3 Å². The fourth-order valence-corrected chi connectivity index (χ4v) is 2.26. The molecule has 0 radical (unpaired) electrons. The average molecular weight is 283 g/mol. The van der Waals surface area contributed by atoms with Crippen molar-refractivity contribution in [3.8, 4) is 0 Å². The van der Waals surface area contributed by atoms with Crippen LogP contribution >= 0.6 is 11.6 Å². The zero-order chi connectivity index (χ0) is 14.0. The number of amides is 2. The van der Waals surface area contributed by atoms with Gasteiger partial charge in [-0.05, 0) is 17.7 Å². The van der Waals surface area contributed by atoms with E-state index in [9.17, 15) is 9.59 Å². The molecule has 19 heavy (non-hydrogen) atoms. The maximum atomic E-state index is 11.9. The fraction of sp³-hybridized carbons (Fsp3) is 0.385. The SMILES string of the molecule is CNC(=O)[C@H]1OCC(=O)N(C)[C@@H]1c1ccc(Cl)cc1. The summed E-state index contributed by atoms with van der Waals surface area (Å²) >= 11 is 5.85. The molecule has 0 aliphatic carbocycles. The number of nitrogens with one attached hydrogen (secondary N) is 1. The van der Waals surface area contributed by atoms with Crippen LogP contribution in [0, 0.1) is 0 Å². The summed E-state index contributed by atoms with van der Waals surface area (Å²) in [4.78, 5) is 25.1. The zero-order valence-corrected chi connectivity index (χ0v) is 11.5. The van der Waals surface area contributed by atoms with E-state index in [1.807, 2.05) is 0 Å². The number of likely N-dealkylation sites (N-methyl/N-ethyl adjacent to an activating group) is 2. The van der Waals surface area contributed by atoms with Gasteiger partial charge in [-0.2, -0.15) is 0 Å². The van der Waals surface area contributed by atoms with Crippen LogP contribution in [0.1, 0.15) is 11.6 Å². The third-order valence-corrected chi connectivity index (χ3v) is 3.45. The van der Waals surface area contributed by atoms with E-state index in [-0.39, 0.29) is 18.4 Å². The largest absolute Gasteiger partial charge is 0.357 e. The van der Waals surface area contributed by atoms with Crippen LogP contribution in [-0.4, -0.2) is 43.5 Å². The fourth-order valence-electron chi connectivity index (χ4n) is 2.13. The number of carbonyl (C=O) groups excluding carboxylic acids is 2. The normalized spacial score (nSPS) is 23.3. The molecule has 1 heterocycles. The minimum Gasteiger partial charge on any atom is -0.357 e. The third kappa shape index (κ3) is 2.72. The lowest BCUT2D eigenvalue weighted by Crippen LogP contribution is -2.52. The summed E-state index contributed by atoms with van der Waals surface area (Å²) in [5.74, 6) is -0.403. The quantitative estimate of drug-likeness (QED) is 0.880. The third-order valence-electron chi connectivity index (χ3n) is 3.20. The van der Waals surface area contributed by atoms with Gasteiger partial charge in [-0.25, -0.2) is 0 Å². The molecule has 1 fully saturated rings. The molecule has 1 aromatic carbocycles. The van der Waals surface area contributed by atoms with Gasteiger partial charge >= 0.3 is 0 Å². The molecule has 1 aliphatic rings. The van der Waals surface area contributed by atoms with Crippen molar-refractivity contribution in [2.75, 3.05) is 20.7 Å². The summed E-state index contributed by atoms with van der Waals surface area (Å²) in [7, 11) is 3.21. The van der Waals surface area contributed by atoms with Gasteiger partial charge < -0.3 is 15.0 Å². The monoisotopic (exact) mass is 282 g/mol. The number of halogens is 1. The number of morpholine rings is 1. The first-order chi connectivity index (χ1) is 9.04. The van der Waals surface area contributed by atoms with E-state index < -0.39 is 12.1 Å². The Labute approximate surface area is 116 Å². The molecule has 0 aromatic heterocycles. The van der Waals surface area contributed by atoms with E-state index in [0.717, 1.165) is 5.56 Å². The zero-order valence-electron chi connectivity index (χ0n) is 10.7. The molecule has 0 saturated carbocycles. The van der Waals surface area contributed by atoms with Crippen molar-refractivity contribution in [2.45, 2.75) is 12.1 Å². The molecule has 6 heteroatoms. The van der Waals surface area contributed by atoms with E-state index in [1.165, 1.54) is 4.90 Å². The maximum Gasteiger partial charge on any atom is 0.251 e. The molecule has 1 N–H and O–H groups in total. The van der Waals surface area contributed by atoms with Crippen molar-refractivity contribution in [1.29, 1.82) is 0 Å². The molecule has 1 aromatic rings. The summed E-state index contributed by atoms with van der Waals surface area (Å²) in [5, 5.41) is 3.16. The number of hydrogen-bond acceptors (Lipinski definition) is 3. The Morgan fingerprint density at radius 3 is 2.63 bits per heavy atom. The standard InChI is InChI=1S/C13H15ClN2O3/c1-15-13(18)12-11(16(2)10(17)7-19-12)8-3-5-9(14)6-4-8/h3-6,11-12H,7H2,1-2H3,(H,15,18)/t11-,12+/m1/s1. The van der Waals surface area contributed by atoms with Crippen molar-refractivity contribution < 1.29 is 14.3 Å². The van der Waals surface area contributed by atoms with Crippen LogP contribution in [-0.2, 0) is 14.3 Å². The molecule has 1 aliphatic heterocycles. The van der Waals surface area contributed by atoms with Gasteiger partial charge in [0.1, 0.15) is 6.61 Å². The highest BCUT2D eigenvalue weighted by Gasteiger charge is 2.39. The van der Waals surface area contributed by atoms with E-state index >= 15 is 0 Å². The van der Waals surface area contributed by atoms with Gasteiger partial charge in [-0.1, -0.05) is 23.7 Å². The second kappa shape index (κ2) is 5.59. The molecule has 2 atom stereocenters. The lowest BCUT2D eigenvalue weighted by Gasteiger charge is -2.38. The van der Waals surface area contributed by atoms with Gasteiger partial charge in [0, 0.05) is 19.1 Å². The number of carbonyl (C=O) groups is 2. The smallest absolute Gasteiger partial charge is 0.251 e. The first kappa shape index (κ1) is 13.8. The Morgan fingerprint density at radius 1 is 1.42 bits per heavy atom. The van der Waals surface area contributed by atoms with E-state index in [1.54, 1.807) is 38.4 Å². The number of rotatable bonds is 2. The highest BCUT2D eigenvalue weighted by atomic mass is 35.5. The average Bonchev–Trinajstić information content (AvgIpc) is 2.42. The van der Waals surface area contributed by atoms with Crippen molar-refractivity contribution in [3.05, 3.63) is 34.9 Å². The second-order valence-corrected chi connectivity index (χ2v) is 4.78. The predicted octanol–water partition coefficient (Wildman–Crippen LogP) is 0.984. The number of hydrogen-bond donors (Lipinski definition) is 1. The molecule has 102 valence electrons. The minimum absolute atomic E-state index is 0.0846. The minimum atomic E-state index is -0.714. The second-order valence-electron chi connectivity index (χ2n) is 4.35. The van der Waals surface area contributed by atoms with Crippen molar-refractivity contribution in [1.82, 2.24) is 10.2 Å². The van der Waals surface area contributed by atoms with Gasteiger partial charge in [0.15, 0.2) is 6.10 Å². The molecule has 1 saturated heterocycles. The molecule has 0 unspecified atom stereocenters. The molecule has 2 rings (SSSR count). The van der Waals surface area contributed by atoms with Crippen molar-refractivity contribution in [3.63, 3.8) is 0 Å². The number of benzene rings is 1. The lowest BCUT2D eigenvalue weighted by atomic mass is 9.98. The van der Waals surface area contributed by atoms with Gasteiger partial charge in [-0.15, -0.1) is 0 Å². The van der Waals surface area contributed by atoms with Crippen molar-refractivity contribution in [2.24, 2.45) is 0 Å². The van der Waals surface area contributed by atoms with Crippen LogP contribution in [0.3, 0.4) is 0 Å². The maximum absolute atomic E-state index is 11.9. The van der Waals surface area contributed by atoms with Gasteiger partial charge in [0.2, 0.25) is 5.91 Å². The first-order valence-corrected chi connectivity index (χ1v) is 6.26. The Bertz CT molecular complexity index is 489. The Morgan fingerprint density at radius 2 is 2.05 bits per heavy atom. The van der Waals surface area contributed by atoms with Gasteiger partial charge in [-0.3, -0.25) is 9.59 Å². The molecular weight excluding hydrogens is 268 g/mol. The van der Waals surface area contributed by atoms with Crippen LogP contribution in [0.25, 0.3) is 0 Å². The highest BCUT2D eigenvalue weighted by molar-refractivity contribution is 6.30.